The van der Waals surface area contributed by atoms with Crippen molar-refractivity contribution in [3.8, 4) is 0 Å². The maximum absolute atomic E-state index is 11.4. The number of aryl methyl sites for hydroxylation is 1. The summed E-state index contributed by atoms with van der Waals surface area (Å²) in [4.78, 5) is 11.4. The molecule has 0 heterocycles. The second-order valence-electron chi connectivity index (χ2n) is 5.11. The molecule has 1 N–H and O–H groups in total. The number of carbonyl (C=O) groups is 1. The quantitative estimate of drug-likeness (QED) is 0.852. The summed E-state index contributed by atoms with van der Waals surface area (Å²) >= 11 is 6.11. The Bertz CT molecular complexity index is 385. The lowest BCUT2D eigenvalue weighted by Gasteiger charge is -2.29. The zero-order valence-corrected chi connectivity index (χ0v) is 10.8. The van der Waals surface area contributed by atoms with Gasteiger partial charge in [0.1, 0.15) is 0 Å². The smallest absolute Gasteiger partial charge is 0.311 e. The van der Waals surface area contributed by atoms with Crippen LogP contribution in [0.4, 0.5) is 0 Å². The maximum Gasteiger partial charge on any atom is 0.311 e. The summed E-state index contributed by atoms with van der Waals surface area (Å²) in [6, 6.07) is 5.47. The van der Waals surface area contributed by atoms with Crippen LogP contribution in [-0.4, -0.2) is 11.1 Å². The van der Waals surface area contributed by atoms with E-state index in [1.807, 2.05) is 39.8 Å². The van der Waals surface area contributed by atoms with Gasteiger partial charge in [-0.2, -0.15) is 0 Å². The fourth-order valence-electron chi connectivity index (χ4n) is 1.94. The fourth-order valence-corrected chi connectivity index (χ4v) is 2.27. The number of aliphatic carboxylic acids is 1. The molecule has 0 spiro atoms. The minimum atomic E-state index is -0.830. The highest BCUT2D eigenvalue weighted by Crippen LogP contribution is 2.40. The van der Waals surface area contributed by atoms with Crippen molar-refractivity contribution < 1.29 is 9.90 Å². The highest BCUT2D eigenvalue weighted by Gasteiger charge is 2.35. The van der Waals surface area contributed by atoms with E-state index in [1.54, 1.807) is 6.07 Å². The average Bonchev–Trinajstić information content (AvgIpc) is 2.08. The Morgan fingerprint density at radius 3 is 2.31 bits per heavy atom. The molecule has 1 atom stereocenters. The van der Waals surface area contributed by atoms with Crippen LogP contribution < -0.4 is 0 Å². The zero-order valence-electron chi connectivity index (χ0n) is 10.0. The Hall–Kier alpha value is -1.02. The summed E-state index contributed by atoms with van der Waals surface area (Å²) in [6.45, 7) is 7.63. The van der Waals surface area contributed by atoms with Crippen molar-refractivity contribution in [1.29, 1.82) is 0 Å². The highest BCUT2D eigenvalue weighted by atomic mass is 35.5. The van der Waals surface area contributed by atoms with Gasteiger partial charge in [0.2, 0.25) is 0 Å². The second kappa shape index (κ2) is 4.46. The molecular formula is C13H17ClO2. The molecule has 1 unspecified atom stereocenters. The summed E-state index contributed by atoms with van der Waals surface area (Å²) in [5, 5.41) is 9.88. The number of carboxylic acid groups (broad SMARTS) is 1. The number of carboxylic acids is 1. The first-order valence-electron chi connectivity index (χ1n) is 5.23. The molecule has 16 heavy (non-hydrogen) atoms. The first kappa shape index (κ1) is 13.0. The van der Waals surface area contributed by atoms with E-state index in [0.717, 1.165) is 11.1 Å². The Morgan fingerprint density at radius 1 is 1.38 bits per heavy atom. The lowest BCUT2D eigenvalue weighted by Crippen LogP contribution is -2.27. The summed E-state index contributed by atoms with van der Waals surface area (Å²) < 4.78 is 0. The third-order valence-electron chi connectivity index (χ3n) is 2.67. The summed E-state index contributed by atoms with van der Waals surface area (Å²) in [7, 11) is 0. The summed E-state index contributed by atoms with van der Waals surface area (Å²) in [5.41, 5.74) is 1.29. The van der Waals surface area contributed by atoms with Gasteiger partial charge in [0.15, 0.2) is 0 Å². The van der Waals surface area contributed by atoms with Crippen molar-refractivity contribution >= 4 is 17.6 Å². The number of halogens is 1. The van der Waals surface area contributed by atoms with Gasteiger partial charge < -0.3 is 5.11 Å². The van der Waals surface area contributed by atoms with E-state index < -0.39 is 11.9 Å². The lowest BCUT2D eigenvalue weighted by molar-refractivity contribution is -0.141. The van der Waals surface area contributed by atoms with Gasteiger partial charge in [-0.25, -0.2) is 0 Å². The van der Waals surface area contributed by atoms with Crippen molar-refractivity contribution in [2.45, 2.75) is 33.6 Å². The molecule has 0 fully saturated rings. The molecular weight excluding hydrogens is 224 g/mol. The van der Waals surface area contributed by atoms with Gasteiger partial charge in [-0.1, -0.05) is 44.5 Å². The van der Waals surface area contributed by atoms with Crippen LogP contribution in [0.1, 0.15) is 37.8 Å². The number of benzene rings is 1. The van der Waals surface area contributed by atoms with Gasteiger partial charge in [0, 0.05) is 5.02 Å². The predicted octanol–water partition coefficient (Wildman–Crippen LogP) is 3.86. The van der Waals surface area contributed by atoms with Crippen LogP contribution in [0.15, 0.2) is 18.2 Å². The van der Waals surface area contributed by atoms with Crippen molar-refractivity contribution in [3.05, 3.63) is 34.3 Å². The van der Waals surface area contributed by atoms with Crippen molar-refractivity contribution in [2.24, 2.45) is 5.41 Å². The molecule has 88 valence electrons. The van der Waals surface area contributed by atoms with Crippen molar-refractivity contribution in [1.82, 2.24) is 0 Å². The van der Waals surface area contributed by atoms with E-state index in [4.69, 9.17) is 11.6 Å². The molecule has 1 aromatic rings. The normalized spacial score (nSPS) is 13.6. The van der Waals surface area contributed by atoms with Gasteiger partial charge in [0.05, 0.1) is 5.92 Å². The molecule has 0 aliphatic carbocycles. The van der Waals surface area contributed by atoms with Crippen LogP contribution in [0.3, 0.4) is 0 Å². The molecule has 0 bridgehead atoms. The largest absolute Gasteiger partial charge is 0.481 e. The summed E-state index contributed by atoms with van der Waals surface area (Å²) in [6.07, 6.45) is 0. The van der Waals surface area contributed by atoms with Gasteiger partial charge in [-0.3, -0.25) is 4.79 Å². The second-order valence-corrected chi connectivity index (χ2v) is 5.51. The minimum absolute atomic E-state index is 0.360. The van der Waals surface area contributed by atoms with E-state index >= 15 is 0 Å². The van der Waals surface area contributed by atoms with Gasteiger partial charge >= 0.3 is 5.97 Å². The third-order valence-corrected chi connectivity index (χ3v) is 3.00. The van der Waals surface area contributed by atoms with Gasteiger partial charge in [0.25, 0.3) is 0 Å². The minimum Gasteiger partial charge on any atom is -0.481 e. The molecule has 1 rings (SSSR count). The number of hydrogen-bond donors (Lipinski definition) is 1. The SMILES string of the molecule is Cc1cccc(Cl)c1C(C(=O)O)C(C)(C)C. The predicted molar refractivity (Wildman–Crippen MR) is 66.0 cm³/mol. The Morgan fingerprint density at radius 2 is 1.94 bits per heavy atom. The van der Waals surface area contributed by atoms with Crippen LogP contribution in [0.2, 0.25) is 5.02 Å². The monoisotopic (exact) mass is 240 g/mol. The molecule has 0 aliphatic rings. The zero-order chi connectivity index (χ0) is 12.5. The molecule has 3 heteroatoms. The average molecular weight is 241 g/mol. The van der Waals surface area contributed by atoms with Crippen molar-refractivity contribution in [3.63, 3.8) is 0 Å². The van der Waals surface area contributed by atoms with E-state index in [2.05, 4.69) is 0 Å². The highest BCUT2D eigenvalue weighted by molar-refractivity contribution is 6.31. The summed E-state index contributed by atoms with van der Waals surface area (Å²) in [5.74, 6) is -1.41. The van der Waals surface area contributed by atoms with Crippen LogP contribution in [-0.2, 0) is 4.79 Å². The molecule has 0 saturated heterocycles. The Balaban J connectivity index is 3.38. The van der Waals surface area contributed by atoms with Gasteiger partial charge in [-0.15, -0.1) is 0 Å². The standard InChI is InChI=1S/C13H17ClO2/c1-8-6-5-7-9(14)10(8)11(12(15)16)13(2,3)4/h5-7,11H,1-4H3,(H,15,16). The van der Waals surface area contributed by atoms with Crippen LogP contribution >= 0.6 is 11.6 Å². The number of hydrogen-bond acceptors (Lipinski definition) is 1. The van der Waals surface area contributed by atoms with E-state index in [9.17, 15) is 9.90 Å². The Kier molecular flexibility index (Phi) is 3.64. The van der Waals surface area contributed by atoms with E-state index in [0.29, 0.717) is 5.02 Å². The Labute approximate surface area is 101 Å². The van der Waals surface area contributed by atoms with Crippen molar-refractivity contribution in [2.75, 3.05) is 0 Å². The topological polar surface area (TPSA) is 37.3 Å². The van der Waals surface area contributed by atoms with E-state index in [-0.39, 0.29) is 5.41 Å². The van der Waals surface area contributed by atoms with Crippen LogP contribution in [0.25, 0.3) is 0 Å². The van der Waals surface area contributed by atoms with Crippen LogP contribution in [0.5, 0.6) is 0 Å². The van der Waals surface area contributed by atoms with Gasteiger partial charge in [-0.05, 0) is 29.5 Å². The molecule has 0 saturated carbocycles. The van der Waals surface area contributed by atoms with E-state index in [1.165, 1.54) is 0 Å². The lowest BCUT2D eigenvalue weighted by atomic mass is 9.75. The molecule has 1 aromatic carbocycles. The first-order valence-corrected chi connectivity index (χ1v) is 5.60. The molecule has 0 aromatic heterocycles. The molecule has 2 nitrogen and oxygen atoms in total. The molecule has 0 radical (unpaired) electrons. The maximum atomic E-state index is 11.4. The number of rotatable bonds is 2. The third kappa shape index (κ3) is 2.56. The fraction of sp³-hybridized carbons (Fsp3) is 0.462. The molecule has 0 aliphatic heterocycles. The van der Waals surface area contributed by atoms with Crippen LogP contribution in [0, 0.1) is 12.3 Å². The first-order chi connectivity index (χ1) is 7.25. The molecule has 0 amide bonds.